The normalized spacial score (nSPS) is 19.9. The fraction of sp³-hybridized carbons (Fsp3) is 0.818. The number of rotatable bonds is 3. The second kappa shape index (κ2) is 4.65. The molecule has 1 aromatic heterocycles. The van der Waals surface area contributed by atoms with Crippen LogP contribution in [0.3, 0.4) is 0 Å². The van der Waals surface area contributed by atoms with Crippen molar-refractivity contribution in [1.29, 1.82) is 0 Å². The van der Waals surface area contributed by atoms with Gasteiger partial charge < -0.3 is 0 Å². The average molecular weight is 241 g/mol. The van der Waals surface area contributed by atoms with Gasteiger partial charge in [-0.25, -0.2) is 9.48 Å². The Morgan fingerprint density at radius 3 is 2.62 bits per heavy atom. The average Bonchev–Trinajstić information content (AvgIpc) is 2.62. The van der Waals surface area contributed by atoms with Gasteiger partial charge in [0.25, 0.3) is 0 Å². The summed E-state index contributed by atoms with van der Waals surface area (Å²) in [6.07, 6.45) is 7.73. The Kier molecular flexibility index (Phi) is 3.42. The third-order valence-corrected chi connectivity index (χ3v) is 4.29. The van der Waals surface area contributed by atoms with Crippen molar-refractivity contribution in [2.45, 2.75) is 38.6 Å². The predicted molar refractivity (Wildman–Crippen MR) is 66.8 cm³/mol. The maximum absolute atomic E-state index is 11.7. The zero-order chi connectivity index (χ0) is 11.6. The van der Waals surface area contributed by atoms with Gasteiger partial charge in [-0.1, -0.05) is 19.3 Å². The van der Waals surface area contributed by atoms with E-state index in [1.165, 1.54) is 36.7 Å². The van der Waals surface area contributed by atoms with Crippen molar-refractivity contribution in [3.05, 3.63) is 16.8 Å². The van der Waals surface area contributed by atoms with Gasteiger partial charge in [-0.3, -0.25) is 4.57 Å². The van der Waals surface area contributed by atoms with Crippen molar-refractivity contribution in [2.75, 3.05) is 5.75 Å². The van der Waals surface area contributed by atoms with Crippen LogP contribution in [0, 0.1) is 5.41 Å². The first-order valence-electron chi connectivity index (χ1n) is 5.86. The Bertz CT molecular complexity index is 404. The standard InChI is InChI=1S/C11H19N3OS/c1-13-9-12-14(10(13)15)7-11(8-16)5-3-2-4-6-11/h9,16H,2-8H2,1H3. The predicted octanol–water partition coefficient (Wildman–Crippen LogP) is 1.46. The fourth-order valence-electron chi connectivity index (χ4n) is 2.51. The molecule has 1 aliphatic rings. The highest BCUT2D eigenvalue weighted by Gasteiger charge is 2.32. The van der Waals surface area contributed by atoms with Gasteiger partial charge >= 0.3 is 5.69 Å². The quantitative estimate of drug-likeness (QED) is 0.814. The molecule has 4 nitrogen and oxygen atoms in total. The number of thiol groups is 1. The Morgan fingerprint density at radius 1 is 1.44 bits per heavy atom. The molecule has 1 aromatic rings. The third-order valence-electron chi connectivity index (χ3n) is 3.62. The van der Waals surface area contributed by atoms with Crippen LogP contribution in [0.4, 0.5) is 0 Å². The minimum Gasteiger partial charge on any atom is -0.285 e. The van der Waals surface area contributed by atoms with E-state index in [1.54, 1.807) is 18.1 Å². The van der Waals surface area contributed by atoms with Crippen LogP contribution < -0.4 is 5.69 Å². The summed E-state index contributed by atoms with van der Waals surface area (Å²) >= 11 is 4.47. The highest BCUT2D eigenvalue weighted by Crippen LogP contribution is 2.38. The Labute approximate surface area is 101 Å². The van der Waals surface area contributed by atoms with E-state index in [0.29, 0.717) is 0 Å². The van der Waals surface area contributed by atoms with Crippen LogP contribution in [0.25, 0.3) is 0 Å². The van der Waals surface area contributed by atoms with Crippen molar-refractivity contribution in [2.24, 2.45) is 12.5 Å². The molecule has 1 saturated carbocycles. The summed E-state index contributed by atoms with van der Waals surface area (Å²) in [4.78, 5) is 11.7. The van der Waals surface area contributed by atoms with Crippen LogP contribution in [-0.4, -0.2) is 20.1 Å². The largest absolute Gasteiger partial charge is 0.345 e. The first-order valence-corrected chi connectivity index (χ1v) is 6.49. The van der Waals surface area contributed by atoms with Gasteiger partial charge in [-0.15, -0.1) is 0 Å². The summed E-state index contributed by atoms with van der Waals surface area (Å²) in [5, 5.41) is 4.14. The Hall–Kier alpha value is -0.710. The van der Waals surface area contributed by atoms with Gasteiger partial charge in [-0.05, 0) is 24.0 Å². The van der Waals surface area contributed by atoms with E-state index in [-0.39, 0.29) is 11.1 Å². The molecule has 0 bridgehead atoms. The lowest BCUT2D eigenvalue weighted by atomic mass is 9.75. The van der Waals surface area contributed by atoms with Gasteiger partial charge in [-0.2, -0.15) is 17.7 Å². The summed E-state index contributed by atoms with van der Waals surface area (Å²) in [7, 11) is 1.74. The van der Waals surface area contributed by atoms with Crippen molar-refractivity contribution in [3.8, 4) is 0 Å². The van der Waals surface area contributed by atoms with Gasteiger partial charge in [0.05, 0.1) is 6.54 Å². The first kappa shape index (κ1) is 11.8. The van der Waals surface area contributed by atoms with Gasteiger partial charge in [0.1, 0.15) is 6.33 Å². The summed E-state index contributed by atoms with van der Waals surface area (Å²) in [6, 6.07) is 0. The van der Waals surface area contributed by atoms with Gasteiger partial charge in [0, 0.05) is 7.05 Å². The zero-order valence-corrected chi connectivity index (χ0v) is 10.6. The minimum absolute atomic E-state index is 0.0215. The van der Waals surface area contributed by atoms with Crippen LogP contribution in [-0.2, 0) is 13.6 Å². The monoisotopic (exact) mass is 241 g/mol. The molecule has 1 aliphatic carbocycles. The fourth-order valence-corrected chi connectivity index (χ4v) is 2.93. The van der Waals surface area contributed by atoms with E-state index in [9.17, 15) is 4.79 Å². The Balaban J connectivity index is 2.18. The molecule has 0 aromatic carbocycles. The molecule has 2 rings (SSSR count). The van der Waals surface area contributed by atoms with Gasteiger partial charge in [0.15, 0.2) is 0 Å². The number of aromatic nitrogens is 3. The SMILES string of the molecule is Cn1cnn(CC2(CS)CCCCC2)c1=O. The third kappa shape index (κ3) is 2.19. The molecule has 16 heavy (non-hydrogen) atoms. The van der Waals surface area contributed by atoms with E-state index in [0.717, 1.165) is 12.3 Å². The van der Waals surface area contributed by atoms with Crippen molar-refractivity contribution in [3.63, 3.8) is 0 Å². The number of nitrogens with zero attached hydrogens (tertiary/aromatic N) is 3. The molecule has 1 heterocycles. The smallest absolute Gasteiger partial charge is 0.285 e. The van der Waals surface area contributed by atoms with Crippen LogP contribution >= 0.6 is 12.6 Å². The summed E-state index contributed by atoms with van der Waals surface area (Å²) in [6.45, 7) is 0.718. The number of hydrogen-bond acceptors (Lipinski definition) is 3. The molecule has 0 atom stereocenters. The zero-order valence-electron chi connectivity index (χ0n) is 9.72. The summed E-state index contributed by atoms with van der Waals surface area (Å²) < 4.78 is 3.11. The highest BCUT2D eigenvalue weighted by atomic mass is 32.1. The number of aryl methyl sites for hydroxylation is 1. The summed E-state index contributed by atoms with van der Waals surface area (Å²) in [5.74, 6) is 0.843. The molecule has 0 amide bonds. The van der Waals surface area contributed by atoms with Crippen molar-refractivity contribution < 1.29 is 0 Å². The molecule has 5 heteroatoms. The molecule has 90 valence electrons. The minimum atomic E-state index is -0.0215. The van der Waals surface area contributed by atoms with E-state index < -0.39 is 0 Å². The second-order valence-corrected chi connectivity index (χ2v) is 5.22. The lowest BCUT2D eigenvalue weighted by Gasteiger charge is -2.35. The van der Waals surface area contributed by atoms with Crippen molar-refractivity contribution >= 4 is 12.6 Å². The van der Waals surface area contributed by atoms with Crippen LogP contribution in [0.5, 0.6) is 0 Å². The van der Waals surface area contributed by atoms with Crippen molar-refractivity contribution in [1.82, 2.24) is 14.3 Å². The van der Waals surface area contributed by atoms with E-state index >= 15 is 0 Å². The lowest BCUT2D eigenvalue weighted by Crippen LogP contribution is -2.36. The topological polar surface area (TPSA) is 39.8 Å². The molecule has 0 aliphatic heterocycles. The molecule has 0 unspecified atom stereocenters. The second-order valence-electron chi connectivity index (χ2n) is 4.90. The maximum Gasteiger partial charge on any atom is 0.345 e. The number of hydrogen-bond donors (Lipinski definition) is 1. The van der Waals surface area contributed by atoms with Gasteiger partial charge in [0.2, 0.25) is 0 Å². The molecule has 0 N–H and O–H groups in total. The van der Waals surface area contributed by atoms with Crippen LogP contribution in [0.1, 0.15) is 32.1 Å². The molecule has 1 fully saturated rings. The van der Waals surface area contributed by atoms with Crippen LogP contribution in [0.2, 0.25) is 0 Å². The lowest BCUT2D eigenvalue weighted by molar-refractivity contribution is 0.180. The molecule has 0 radical (unpaired) electrons. The molecule has 0 saturated heterocycles. The molecule has 0 spiro atoms. The molecular weight excluding hydrogens is 222 g/mol. The maximum atomic E-state index is 11.7. The van der Waals surface area contributed by atoms with E-state index in [1.807, 2.05) is 0 Å². The summed E-state index contributed by atoms with van der Waals surface area (Å²) in [5.41, 5.74) is 0.159. The Morgan fingerprint density at radius 2 is 2.12 bits per heavy atom. The van der Waals surface area contributed by atoms with Crippen LogP contribution in [0.15, 0.2) is 11.1 Å². The van der Waals surface area contributed by atoms with E-state index in [2.05, 4.69) is 17.7 Å². The van der Waals surface area contributed by atoms with E-state index in [4.69, 9.17) is 0 Å². The molecular formula is C11H19N3OS. The first-order chi connectivity index (χ1) is 7.67. The highest BCUT2D eigenvalue weighted by molar-refractivity contribution is 7.80.